The molecular formula is C23H22N6O2. The van der Waals surface area contributed by atoms with Gasteiger partial charge >= 0.3 is 5.69 Å². The van der Waals surface area contributed by atoms with Crippen molar-refractivity contribution in [3.05, 3.63) is 82.5 Å². The van der Waals surface area contributed by atoms with Crippen molar-refractivity contribution in [3.8, 4) is 11.4 Å². The van der Waals surface area contributed by atoms with Crippen LogP contribution in [0, 0.1) is 0 Å². The molecule has 5 rings (SSSR count). The van der Waals surface area contributed by atoms with Crippen LogP contribution in [0.25, 0.3) is 28.2 Å². The molecule has 0 bridgehead atoms. The fourth-order valence-corrected chi connectivity index (χ4v) is 3.71. The summed E-state index contributed by atoms with van der Waals surface area (Å²) in [6.07, 6.45) is 0.802. The van der Waals surface area contributed by atoms with Crippen molar-refractivity contribution in [2.45, 2.75) is 33.1 Å². The van der Waals surface area contributed by atoms with E-state index in [-0.39, 0.29) is 5.69 Å². The Morgan fingerprint density at radius 2 is 1.68 bits per heavy atom. The van der Waals surface area contributed by atoms with Gasteiger partial charge in [-0.25, -0.2) is 14.2 Å². The van der Waals surface area contributed by atoms with E-state index in [0.29, 0.717) is 48.2 Å². The molecule has 3 aromatic heterocycles. The first kappa shape index (κ1) is 19.2. The van der Waals surface area contributed by atoms with E-state index >= 15 is 0 Å². The molecule has 0 atom stereocenters. The highest BCUT2D eigenvalue weighted by Gasteiger charge is 2.20. The van der Waals surface area contributed by atoms with Crippen LogP contribution in [0.15, 0.2) is 65.5 Å². The van der Waals surface area contributed by atoms with Crippen molar-refractivity contribution in [1.82, 2.24) is 29.1 Å². The summed E-state index contributed by atoms with van der Waals surface area (Å²) < 4.78 is 9.06. The number of ether oxygens (including phenoxy) is 1. The number of nitrogens with one attached hydrogen (secondary N) is 1. The third-order valence-corrected chi connectivity index (χ3v) is 5.13. The molecule has 8 heteroatoms. The molecule has 156 valence electrons. The lowest BCUT2D eigenvalue weighted by molar-refractivity contribution is 0.102. The first-order valence-corrected chi connectivity index (χ1v) is 10.3. The predicted molar refractivity (Wildman–Crippen MR) is 118 cm³/mol. The van der Waals surface area contributed by atoms with Gasteiger partial charge in [0.15, 0.2) is 17.1 Å². The summed E-state index contributed by atoms with van der Waals surface area (Å²) in [6.45, 7) is 3.37. The number of aromatic nitrogens is 6. The molecule has 1 N–H and O–H groups in total. The Balaban J connectivity index is 1.57. The summed E-state index contributed by atoms with van der Waals surface area (Å²) in [5.41, 5.74) is 3.45. The zero-order valence-electron chi connectivity index (χ0n) is 17.2. The Kier molecular flexibility index (Phi) is 5.05. The number of aromatic amines is 1. The Morgan fingerprint density at radius 3 is 2.42 bits per heavy atom. The van der Waals surface area contributed by atoms with Crippen LogP contribution in [0.5, 0.6) is 0 Å². The van der Waals surface area contributed by atoms with Gasteiger partial charge in [0.05, 0.1) is 6.61 Å². The molecular weight excluding hydrogens is 392 g/mol. The summed E-state index contributed by atoms with van der Waals surface area (Å²) in [5.74, 6) is 1.16. The molecule has 0 spiro atoms. The fourth-order valence-electron chi connectivity index (χ4n) is 3.71. The average molecular weight is 414 g/mol. The normalized spacial score (nSPS) is 11.5. The van der Waals surface area contributed by atoms with Crippen LogP contribution < -0.4 is 5.69 Å². The number of rotatable bonds is 7. The van der Waals surface area contributed by atoms with Crippen molar-refractivity contribution in [2.24, 2.45) is 0 Å². The van der Waals surface area contributed by atoms with E-state index < -0.39 is 0 Å². The fraction of sp³-hybridized carbons (Fsp3) is 0.217. The molecule has 31 heavy (non-hydrogen) atoms. The van der Waals surface area contributed by atoms with Gasteiger partial charge in [-0.3, -0.25) is 4.57 Å². The van der Waals surface area contributed by atoms with Crippen LogP contribution in [0.4, 0.5) is 0 Å². The van der Waals surface area contributed by atoms with Crippen LogP contribution in [-0.4, -0.2) is 29.1 Å². The maximum Gasteiger partial charge on any atom is 0.337 e. The topological polar surface area (TPSA) is 90.1 Å². The van der Waals surface area contributed by atoms with E-state index in [1.165, 1.54) is 0 Å². The van der Waals surface area contributed by atoms with Crippen molar-refractivity contribution in [1.29, 1.82) is 0 Å². The summed E-state index contributed by atoms with van der Waals surface area (Å²) >= 11 is 0. The van der Waals surface area contributed by atoms with Gasteiger partial charge < -0.3 is 9.72 Å². The highest BCUT2D eigenvalue weighted by molar-refractivity contribution is 5.86. The van der Waals surface area contributed by atoms with Crippen molar-refractivity contribution < 1.29 is 4.74 Å². The SMILES string of the molecule is CCCn1c(=O)n2c(-c3ccccc3)nnc2c2[nH]c(COCc3ccccc3)nc21. The van der Waals surface area contributed by atoms with E-state index in [2.05, 4.69) is 20.2 Å². The van der Waals surface area contributed by atoms with E-state index in [0.717, 1.165) is 17.5 Å². The third kappa shape index (κ3) is 3.51. The largest absolute Gasteiger partial charge is 0.369 e. The van der Waals surface area contributed by atoms with Gasteiger partial charge in [0.2, 0.25) is 0 Å². The zero-order valence-corrected chi connectivity index (χ0v) is 17.2. The molecule has 0 aliphatic heterocycles. The van der Waals surface area contributed by atoms with Gasteiger partial charge in [0, 0.05) is 12.1 Å². The Labute approximate surface area is 178 Å². The molecule has 8 nitrogen and oxygen atoms in total. The average Bonchev–Trinajstić information content (AvgIpc) is 3.43. The van der Waals surface area contributed by atoms with Gasteiger partial charge in [-0.1, -0.05) is 67.6 Å². The molecule has 2 aromatic carbocycles. The van der Waals surface area contributed by atoms with Gasteiger partial charge in [0.25, 0.3) is 0 Å². The first-order valence-electron chi connectivity index (χ1n) is 10.3. The van der Waals surface area contributed by atoms with E-state index in [1.54, 1.807) is 8.97 Å². The Morgan fingerprint density at radius 1 is 0.935 bits per heavy atom. The second-order valence-electron chi connectivity index (χ2n) is 7.34. The van der Waals surface area contributed by atoms with Gasteiger partial charge in [-0.2, -0.15) is 0 Å². The minimum absolute atomic E-state index is 0.198. The highest BCUT2D eigenvalue weighted by Crippen LogP contribution is 2.21. The van der Waals surface area contributed by atoms with Gasteiger partial charge in [-0.05, 0) is 12.0 Å². The van der Waals surface area contributed by atoms with Crippen LogP contribution >= 0.6 is 0 Å². The van der Waals surface area contributed by atoms with Gasteiger partial charge in [0.1, 0.15) is 17.9 Å². The van der Waals surface area contributed by atoms with E-state index in [1.807, 2.05) is 67.6 Å². The Bertz CT molecular complexity index is 1390. The summed E-state index contributed by atoms with van der Waals surface area (Å²) in [4.78, 5) is 21.3. The summed E-state index contributed by atoms with van der Waals surface area (Å²) in [6, 6.07) is 19.6. The maximum absolute atomic E-state index is 13.4. The standard InChI is InChI=1S/C23H22N6O2/c1-2-13-28-21-19(24-18(25-21)15-31-14-16-9-5-3-6-10-16)22-27-26-20(29(22)23(28)30)17-11-7-4-8-12-17/h3-12H,2,13-15H2,1H3,(H,24,25). The maximum atomic E-state index is 13.4. The summed E-state index contributed by atoms with van der Waals surface area (Å²) in [7, 11) is 0. The number of fused-ring (bicyclic) bond motifs is 3. The highest BCUT2D eigenvalue weighted by atomic mass is 16.5. The summed E-state index contributed by atoms with van der Waals surface area (Å²) in [5, 5.41) is 8.62. The molecule has 0 unspecified atom stereocenters. The van der Waals surface area contributed by atoms with Crippen molar-refractivity contribution in [2.75, 3.05) is 0 Å². The quantitative estimate of drug-likeness (QED) is 0.440. The van der Waals surface area contributed by atoms with Gasteiger partial charge in [-0.15, -0.1) is 10.2 Å². The van der Waals surface area contributed by atoms with E-state index in [4.69, 9.17) is 4.74 Å². The number of hydrogen-bond acceptors (Lipinski definition) is 5. The molecule has 5 aromatic rings. The number of nitrogens with zero attached hydrogens (tertiary/aromatic N) is 5. The first-order chi connectivity index (χ1) is 15.3. The smallest absolute Gasteiger partial charge is 0.337 e. The number of aryl methyl sites for hydroxylation is 1. The number of H-pyrrole nitrogens is 1. The molecule has 0 amide bonds. The molecule has 0 aliphatic rings. The minimum atomic E-state index is -0.198. The van der Waals surface area contributed by atoms with Crippen LogP contribution in [0.1, 0.15) is 24.7 Å². The third-order valence-electron chi connectivity index (χ3n) is 5.13. The Hall–Kier alpha value is -3.78. The zero-order chi connectivity index (χ0) is 21.2. The molecule has 0 saturated heterocycles. The number of hydrogen-bond donors (Lipinski definition) is 1. The molecule has 0 saturated carbocycles. The molecule has 0 fully saturated rings. The van der Waals surface area contributed by atoms with Crippen LogP contribution in [0.3, 0.4) is 0 Å². The van der Waals surface area contributed by atoms with Crippen molar-refractivity contribution >= 4 is 16.8 Å². The molecule has 0 aliphatic carbocycles. The monoisotopic (exact) mass is 414 g/mol. The molecule has 0 radical (unpaired) electrons. The van der Waals surface area contributed by atoms with Crippen molar-refractivity contribution in [3.63, 3.8) is 0 Å². The number of imidazole rings is 1. The lowest BCUT2D eigenvalue weighted by atomic mass is 10.2. The minimum Gasteiger partial charge on any atom is -0.369 e. The van der Waals surface area contributed by atoms with Crippen LogP contribution in [-0.2, 0) is 24.5 Å². The predicted octanol–water partition coefficient (Wildman–Crippen LogP) is 3.56. The lowest BCUT2D eigenvalue weighted by Crippen LogP contribution is -2.27. The second-order valence-corrected chi connectivity index (χ2v) is 7.34. The lowest BCUT2D eigenvalue weighted by Gasteiger charge is -2.07. The second kappa shape index (κ2) is 8.16. The number of benzene rings is 2. The van der Waals surface area contributed by atoms with E-state index in [9.17, 15) is 4.79 Å². The molecule has 3 heterocycles. The van der Waals surface area contributed by atoms with Crippen LogP contribution in [0.2, 0.25) is 0 Å².